The minimum Gasteiger partial charge on any atom is -0.341 e. The lowest BCUT2D eigenvalue weighted by molar-refractivity contribution is 0.200. The first-order valence-electron chi connectivity index (χ1n) is 8.22. The first-order valence-corrected chi connectivity index (χ1v) is 9.10. The van der Waals surface area contributed by atoms with E-state index in [4.69, 9.17) is 0 Å². The quantitative estimate of drug-likeness (QED) is 0.790. The van der Waals surface area contributed by atoms with Gasteiger partial charge in [-0.1, -0.05) is 0 Å². The Labute approximate surface area is 145 Å². The summed E-state index contributed by atoms with van der Waals surface area (Å²) in [6.07, 6.45) is 9.66. The van der Waals surface area contributed by atoms with Crippen LogP contribution in [-0.2, 0) is 6.54 Å². The molecule has 1 fully saturated rings. The number of nitrogens with zero attached hydrogens (tertiary/aromatic N) is 5. The number of thiazole rings is 1. The molecule has 1 atom stereocenters. The van der Waals surface area contributed by atoms with Crippen molar-refractivity contribution in [3.63, 3.8) is 0 Å². The van der Waals surface area contributed by atoms with Gasteiger partial charge in [-0.25, -0.2) is 9.97 Å². The molecule has 0 amide bonds. The normalized spacial score (nSPS) is 18.8. The van der Waals surface area contributed by atoms with E-state index >= 15 is 0 Å². The second kappa shape index (κ2) is 6.78. The molecule has 0 aliphatic carbocycles. The Kier molecular flexibility index (Phi) is 4.36. The fourth-order valence-electron chi connectivity index (χ4n) is 3.33. The van der Waals surface area contributed by atoms with Gasteiger partial charge < -0.3 is 4.98 Å². The monoisotopic (exact) mass is 340 g/mol. The van der Waals surface area contributed by atoms with Crippen LogP contribution in [0.5, 0.6) is 0 Å². The summed E-state index contributed by atoms with van der Waals surface area (Å²) >= 11 is 1.72. The van der Waals surface area contributed by atoms with Crippen LogP contribution in [0.2, 0.25) is 0 Å². The molecule has 1 aliphatic heterocycles. The maximum atomic E-state index is 4.66. The van der Waals surface area contributed by atoms with Crippen molar-refractivity contribution in [1.82, 2.24) is 29.8 Å². The number of nitrogens with one attached hydrogen (secondary N) is 1. The lowest BCUT2D eigenvalue weighted by Gasteiger charge is -2.32. The molecule has 4 heterocycles. The zero-order valence-corrected chi connectivity index (χ0v) is 14.5. The number of aromatic nitrogens is 5. The maximum absolute atomic E-state index is 4.66. The fourth-order valence-corrected chi connectivity index (χ4v) is 3.96. The Balaban J connectivity index is 1.57. The van der Waals surface area contributed by atoms with Gasteiger partial charge in [0.15, 0.2) is 5.82 Å². The van der Waals surface area contributed by atoms with E-state index in [0.29, 0.717) is 5.92 Å². The third-order valence-corrected chi connectivity index (χ3v) is 5.17. The van der Waals surface area contributed by atoms with Gasteiger partial charge in [0.1, 0.15) is 5.69 Å². The topological polar surface area (TPSA) is 70.6 Å². The molecular weight excluding hydrogens is 320 g/mol. The standard InChI is InChI=1S/C17H20N6S/c1-12-7-21-17(22-12)16-15(19-4-5-20-16)13-3-2-6-23(9-13)10-14-8-18-11-24-14/h4-5,7-8,11,13H,2-3,6,9-10H2,1H3,(H,21,22)/t13-/m1/s1. The largest absolute Gasteiger partial charge is 0.341 e. The number of hydrogen-bond acceptors (Lipinski definition) is 6. The molecule has 0 radical (unpaired) electrons. The first kappa shape index (κ1) is 15.4. The average Bonchev–Trinajstić information content (AvgIpc) is 3.27. The molecule has 4 rings (SSSR count). The molecule has 0 bridgehead atoms. The second-order valence-electron chi connectivity index (χ2n) is 6.25. The van der Waals surface area contributed by atoms with Gasteiger partial charge >= 0.3 is 0 Å². The molecule has 3 aromatic heterocycles. The highest BCUT2D eigenvalue weighted by Crippen LogP contribution is 2.31. The van der Waals surface area contributed by atoms with E-state index in [9.17, 15) is 0 Å². The summed E-state index contributed by atoms with van der Waals surface area (Å²) in [6, 6.07) is 0. The van der Waals surface area contributed by atoms with Gasteiger partial charge in [-0.15, -0.1) is 11.3 Å². The van der Waals surface area contributed by atoms with Crippen molar-refractivity contribution in [2.45, 2.75) is 32.2 Å². The lowest BCUT2D eigenvalue weighted by Crippen LogP contribution is -2.34. The molecule has 1 N–H and O–H groups in total. The smallest absolute Gasteiger partial charge is 0.158 e. The van der Waals surface area contributed by atoms with E-state index in [1.165, 1.54) is 11.3 Å². The van der Waals surface area contributed by atoms with Crippen LogP contribution in [0.3, 0.4) is 0 Å². The fraction of sp³-hybridized carbons (Fsp3) is 0.412. The van der Waals surface area contributed by atoms with Gasteiger partial charge in [0, 0.05) is 54.4 Å². The number of likely N-dealkylation sites (tertiary alicyclic amines) is 1. The molecular formula is C17H20N6S. The van der Waals surface area contributed by atoms with Crippen LogP contribution in [0.4, 0.5) is 0 Å². The number of hydrogen-bond donors (Lipinski definition) is 1. The molecule has 0 saturated carbocycles. The van der Waals surface area contributed by atoms with E-state index in [0.717, 1.165) is 49.0 Å². The molecule has 6 nitrogen and oxygen atoms in total. The summed E-state index contributed by atoms with van der Waals surface area (Å²) in [5.41, 5.74) is 4.88. The van der Waals surface area contributed by atoms with Crippen molar-refractivity contribution in [2.24, 2.45) is 0 Å². The number of H-pyrrole nitrogens is 1. The van der Waals surface area contributed by atoms with Gasteiger partial charge in [-0.05, 0) is 26.3 Å². The van der Waals surface area contributed by atoms with Gasteiger partial charge in [0.05, 0.1) is 11.2 Å². The van der Waals surface area contributed by atoms with Crippen molar-refractivity contribution in [2.75, 3.05) is 13.1 Å². The number of piperidine rings is 1. The van der Waals surface area contributed by atoms with Crippen molar-refractivity contribution in [3.05, 3.63) is 46.6 Å². The maximum Gasteiger partial charge on any atom is 0.158 e. The minimum atomic E-state index is 0.390. The minimum absolute atomic E-state index is 0.390. The molecule has 1 saturated heterocycles. The summed E-state index contributed by atoms with van der Waals surface area (Å²) in [5, 5.41) is 0. The molecule has 1 aliphatic rings. The van der Waals surface area contributed by atoms with E-state index < -0.39 is 0 Å². The summed E-state index contributed by atoms with van der Waals surface area (Å²) in [5.74, 6) is 1.20. The Morgan fingerprint density at radius 1 is 1.25 bits per heavy atom. The van der Waals surface area contributed by atoms with Crippen molar-refractivity contribution >= 4 is 11.3 Å². The highest BCUT2D eigenvalue weighted by molar-refractivity contribution is 7.09. The summed E-state index contributed by atoms with van der Waals surface area (Å²) in [7, 11) is 0. The Hall–Kier alpha value is -2.12. The van der Waals surface area contributed by atoms with E-state index in [2.05, 4.69) is 29.8 Å². The summed E-state index contributed by atoms with van der Waals surface area (Å²) in [6.45, 7) is 5.10. The molecule has 3 aromatic rings. The zero-order chi connectivity index (χ0) is 16.4. The Morgan fingerprint density at radius 3 is 2.96 bits per heavy atom. The second-order valence-corrected chi connectivity index (χ2v) is 7.22. The predicted octanol–water partition coefficient (Wildman–Crippen LogP) is 3.01. The van der Waals surface area contributed by atoms with Gasteiger partial charge in [-0.3, -0.25) is 14.9 Å². The van der Waals surface area contributed by atoms with Crippen LogP contribution in [0.15, 0.2) is 30.3 Å². The van der Waals surface area contributed by atoms with Crippen LogP contribution >= 0.6 is 11.3 Å². The predicted molar refractivity (Wildman–Crippen MR) is 93.7 cm³/mol. The Bertz CT molecular complexity index is 797. The van der Waals surface area contributed by atoms with Crippen LogP contribution < -0.4 is 0 Å². The highest BCUT2D eigenvalue weighted by Gasteiger charge is 2.26. The third-order valence-electron chi connectivity index (χ3n) is 4.41. The average molecular weight is 340 g/mol. The van der Waals surface area contributed by atoms with Gasteiger partial charge in [0.25, 0.3) is 0 Å². The third kappa shape index (κ3) is 3.22. The molecule has 0 aromatic carbocycles. The summed E-state index contributed by atoms with van der Waals surface area (Å²) < 4.78 is 0. The van der Waals surface area contributed by atoms with E-state index in [1.807, 2.05) is 24.8 Å². The number of aryl methyl sites for hydroxylation is 1. The van der Waals surface area contributed by atoms with Gasteiger partial charge in [-0.2, -0.15) is 0 Å². The van der Waals surface area contributed by atoms with E-state index in [-0.39, 0.29) is 0 Å². The molecule has 0 unspecified atom stereocenters. The Morgan fingerprint density at radius 2 is 2.17 bits per heavy atom. The SMILES string of the molecule is Cc1cnc(-c2nccnc2[C@@H]2CCCN(Cc3cncs3)C2)[nH]1. The number of aromatic amines is 1. The zero-order valence-electron chi connectivity index (χ0n) is 13.6. The lowest BCUT2D eigenvalue weighted by atomic mass is 9.93. The van der Waals surface area contributed by atoms with Crippen molar-refractivity contribution in [1.29, 1.82) is 0 Å². The number of rotatable bonds is 4. The molecule has 124 valence electrons. The number of imidazole rings is 1. The van der Waals surface area contributed by atoms with E-state index in [1.54, 1.807) is 23.7 Å². The van der Waals surface area contributed by atoms with Crippen molar-refractivity contribution < 1.29 is 0 Å². The highest BCUT2D eigenvalue weighted by atomic mass is 32.1. The molecule has 0 spiro atoms. The summed E-state index contributed by atoms with van der Waals surface area (Å²) in [4.78, 5) is 24.9. The first-order chi connectivity index (χ1) is 11.8. The van der Waals surface area contributed by atoms with Gasteiger partial charge in [0.2, 0.25) is 0 Å². The van der Waals surface area contributed by atoms with Crippen molar-refractivity contribution in [3.8, 4) is 11.5 Å². The molecule has 7 heteroatoms. The van der Waals surface area contributed by atoms with Crippen LogP contribution in [0.25, 0.3) is 11.5 Å². The van der Waals surface area contributed by atoms with Crippen LogP contribution in [0, 0.1) is 6.92 Å². The van der Waals surface area contributed by atoms with Crippen LogP contribution in [-0.4, -0.2) is 42.9 Å². The molecule has 24 heavy (non-hydrogen) atoms. The van der Waals surface area contributed by atoms with Crippen LogP contribution in [0.1, 0.15) is 35.0 Å².